The Morgan fingerprint density at radius 3 is 3.00 bits per heavy atom. The Morgan fingerprint density at radius 2 is 2.50 bits per heavy atom. The van der Waals surface area contributed by atoms with Crippen molar-refractivity contribution in [1.82, 2.24) is 0 Å². The topological polar surface area (TPSA) is 49.8 Å². The zero-order chi connectivity index (χ0) is 8.97. The van der Waals surface area contributed by atoms with Gasteiger partial charge in [-0.3, -0.25) is 0 Å². The van der Waals surface area contributed by atoms with Crippen molar-refractivity contribution >= 4 is 11.3 Å². The fourth-order valence-electron chi connectivity index (χ4n) is 0.940. The van der Waals surface area contributed by atoms with Gasteiger partial charge in [-0.15, -0.1) is 11.3 Å². The molecule has 0 aliphatic heterocycles. The van der Waals surface area contributed by atoms with E-state index in [0.29, 0.717) is 0 Å². The minimum Gasteiger partial charge on any atom is -0.328 e. The van der Waals surface area contributed by atoms with Gasteiger partial charge in [0.1, 0.15) is 0 Å². The molecule has 2 N–H and O–H groups in total. The van der Waals surface area contributed by atoms with Crippen LogP contribution in [0.3, 0.4) is 0 Å². The molecule has 2 nitrogen and oxygen atoms in total. The van der Waals surface area contributed by atoms with Gasteiger partial charge in [-0.25, -0.2) is 0 Å². The number of thiophene rings is 1. The molecule has 1 rings (SSSR count). The number of hydrogen-bond acceptors (Lipinski definition) is 3. The van der Waals surface area contributed by atoms with E-state index in [2.05, 4.69) is 6.07 Å². The van der Waals surface area contributed by atoms with Crippen LogP contribution in [-0.2, 0) is 6.42 Å². The second kappa shape index (κ2) is 4.24. The molecule has 1 heterocycles. The molecule has 0 bridgehead atoms. The summed E-state index contributed by atoms with van der Waals surface area (Å²) in [5, 5.41) is 10.4. The summed E-state index contributed by atoms with van der Waals surface area (Å²) in [5.41, 5.74) is 6.38. The molecule has 1 aromatic rings. The van der Waals surface area contributed by atoms with Crippen molar-refractivity contribution in [2.45, 2.75) is 25.8 Å². The van der Waals surface area contributed by atoms with Crippen LogP contribution in [0, 0.1) is 11.3 Å². The summed E-state index contributed by atoms with van der Waals surface area (Å²) in [5.74, 6) is 0. The predicted molar refractivity (Wildman–Crippen MR) is 51.0 cm³/mol. The van der Waals surface area contributed by atoms with Gasteiger partial charge in [-0.1, -0.05) is 0 Å². The highest BCUT2D eigenvalue weighted by Gasteiger charge is 2.00. The Labute approximate surface area is 76.6 Å². The molecule has 0 amide bonds. The molecule has 1 unspecified atom stereocenters. The number of hydrogen-bond donors (Lipinski definition) is 1. The fraction of sp³-hybridized carbons (Fsp3) is 0.444. The van der Waals surface area contributed by atoms with Crippen LogP contribution in [0.15, 0.2) is 11.4 Å². The molecule has 0 saturated carbocycles. The van der Waals surface area contributed by atoms with Crippen molar-refractivity contribution in [1.29, 1.82) is 5.26 Å². The van der Waals surface area contributed by atoms with Crippen molar-refractivity contribution in [2.75, 3.05) is 0 Å². The van der Waals surface area contributed by atoms with Crippen LogP contribution in [0.2, 0.25) is 0 Å². The quantitative estimate of drug-likeness (QED) is 0.772. The van der Waals surface area contributed by atoms with E-state index in [-0.39, 0.29) is 6.04 Å². The van der Waals surface area contributed by atoms with Gasteiger partial charge < -0.3 is 5.73 Å². The zero-order valence-corrected chi connectivity index (χ0v) is 7.90. The van der Waals surface area contributed by atoms with E-state index in [1.54, 1.807) is 11.3 Å². The average molecular weight is 180 g/mol. The van der Waals surface area contributed by atoms with Crippen molar-refractivity contribution in [3.8, 4) is 6.07 Å². The summed E-state index contributed by atoms with van der Waals surface area (Å²) in [4.78, 5) is 1.25. The van der Waals surface area contributed by atoms with E-state index in [1.807, 2.05) is 18.4 Å². The number of nitrogens with zero attached hydrogens (tertiary/aromatic N) is 1. The van der Waals surface area contributed by atoms with Crippen LogP contribution in [0.4, 0.5) is 0 Å². The van der Waals surface area contributed by atoms with Gasteiger partial charge in [0.25, 0.3) is 0 Å². The van der Waals surface area contributed by atoms with E-state index >= 15 is 0 Å². The van der Waals surface area contributed by atoms with E-state index in [4.69, 9.17) is 11.0 Å². The molecule has 0 radical (unpaired) electrons. The molecule has 0 aliphatic rings. The minimum absolute atomic E-state index is 0.248. The lowest BCUT2D eigenvalue weighted by molar-refractivity contribution is 0.670. The lowest BCUT2D eigenvalue weighted by atomic mass is 10.1. The third-order valence-corrected chi connectivity index (χ3v) is 2.63. The molecule has 0 saturated heterocycles. The van der Waals surface area contributed by atoms with Crippen molar-refractivity contribution in [2.24, 2.45) is 5.73 Å². The first-order valence-electron chi connectivity index (χ1n) is 3.95. The molecule has 0 spiro atoms. The fourth-order valence-corrected chi connectivity index (χ4v) is 1.77. The number of aryl methyl sites for hydroxylation is 1. The monoisotopic (exact) mass is 180 g/mol. The van der Waals surface area contributed by atoms with Crippen LogP contribution in [0.25, 0.3) is 0 Å². The summed E-state index contributed by atoms with van der Waals surface area (Å²) < 4.78 is 0. The standard InChI is InChI=1S/C9H12N2S/c1-7(11)2-3-9-4-8(5-10)6-12-9/h4,6-7H,2-3,11H2,1H3. The van der Waals surface area contributed by atoms with Crippen LogP contribution >= 0.6 is 11.3 Å². The van der Waals surface area contributed by atoms with Crippen molar-refractivity contribution in [3.63, 3.8) is 0 Å². The maximum absolute atomic E-state index is 8.56. The minimum atomic E-state index is 0.248. The molecular formula is C9H12N2S. The summed E-state index contributed by atoms with van der Waals surface area (Å²) in [6.07, 6.45) is 1.98. The Hall–Kier alpha value is -0.850. The summed E-state index contributed by atoms with van der Waals surface area (Å²) in [7, 11) is 0. The first-order chi connectivity index (χ1) is 5.72. The summed E-state index contributed by atoms with van der Waals surface area (Å²) in [6.45, 7) is 2.00. The Bertz CT molecular complexity index is 283. The molecule has 3 heteroatoms. The largest absolute Gasteiger partial charge is 0.328 e. The highest BCUT2D eigenvalue weighted by molar-refractivity contribution is 7.10. The second-order valence-electron chi connectivity index (χ2n) is 2.93. The molecule has 0 aromatic carbocycles. The molecule has 1 atom stereocenters. The van der Waals surface area contributed by atoms with E-state index < -0.39 is 0 Å². The lowest BCUT2D eigenvalue weighted by Gasteiger charge is -2.01. The Kier molecular flexibility index (Phi) is 3.27. The van der Waals surface area contributed by atoms with Crippen molar-refractivity contribution < 1.29 is 0 Å². The highest BCUT2D eigenvalue weighted by Crippen LogP contribution is 2.15. The van der Waals surface area contributed by atoms with Crippen LogP contribution in [0.1, 0.15) is 23.8 Å². The summed E-state index contributed by atoms with van der Waals surface area (Å²) in [6, 6.07) is 4.30. The molecular weight excluding hydrogens is 168 g/mol. The van der Waals surface area contributed by atoms with E-state index in [1.165, 1.54) is 4.88 Å². The van der Waals surface area contributed by atoms with E-state index in [9.17, 15) is 0 Å². The third kappa shape index (κ3) is 2.65. The van der Waals surface area contributed by atoms with Gasteiger partial charge in [-0.05, 0) is 25.8 Å². The molecule has 12 heavy (non-hydrogen) atoms. The predicted octanol–water partition coefficient (Wildman–Crippen LogP) is 1.90. The average Bonchev–Trinajstić information content (AvgIpc) is 2.48. The molecule has 64 valence electrons. The zero-order valence-electron chi connectivity index (χ0n) is 7.08. The number of rotatable bonds is 3. The normalized spacial score (nSPS) is 12.4. The van der Waals surface area contributed by atoms with Crippen LogP contribution in [0.5, 0.6) is 0 Å². The van der Waals surface area contributed by atoms with Gasteiger partial charge in [0.05, 0.1) is 11.6 Å². The van der Waals surface area contributed by atoms with Crippen LogP contribution in [-0.4, -0.2) is 6.04 Å². The van der Waals surface area contributed by atoms with Gasteiger partial charge in [0.2, 0.25) is 0 Å². The molecule has 1 aromatic heterocycles. The SMILES string of the molecule is CC(N)CCc1cc(C#N)cs1. The second-order valence-corrected chi connectivity index (χ2v) is 3.93. The Balaban J connectivity index is 2.48. The maximum Gasteiger partial charge on any atom is 0.1000 e. The van der Waals surface area contributed by atoms with Gasteiger partial charge in [0, 0.05) is 16.3 Å². The van der Waals surface area contributed by atoms with Gasteiger partial charge in [0.15, 0.2) is 0 Å². The smallest absolute Gasteiger partial charge is 0.1000 e. The maximum atomic E-state index is 8.56. The number of nitriles is 1. The van der Waals surface area contributed by atoms with Gasteiger partial charge in [-0.2, -0.15) is 5.26 Å². The Morgan fingerprint density at radius 1 is 1.75 bits per heavy atom. The third-order valence-electron chi connectivity index (χ3n) is 1.63. The molecule has 0 fully saturated rings. The molecule has 0 aliphatic carbocycles. The van der Waals surface area contributed by atoms with Gasteiger partial charge >= 0.3 is 0 Å². The van der Waals surface area contributed by atoms with Crippen LogP contribution < -0.4 is 5.73 Å². The first-order valence-corrected chi connectivity index (χ1v) is 4.83. The highest BCUT2D eigenvalue weighted by atomic mass is 32.1. The summed E-state index contributed by atoms with van der Waals surface area (Å²) >= 11 is 1.64. The van der Waals surface area contributed by atoms with Crippen molar-refractivity contribution in [3.05, 3.63) is 21.9 Å². The first kappa shape index (κ1) is 9.24. The number of nitrogens with two attached hydrogens (primary N) is 1. The van der Waals surface area contributed by atoms with E-state index in [0.717, 1.165) is 18.4 Å². The lowest BCUT2D eigenvalue weighted by Crippen LogP contribution is -2.14.